The molecule has 1 aliphatic carbocycles. The minimum atomic E-state index is -0.541. The maximum Gasteiger partial charge on any atom is 0.306 e. The number of hydrogen-bond acceptors (Lipinski definition) is 3. The number of pyridine rings is 1. The van der Waals surface area contributed by atoms with E-state index in [2.05, 4.69) is 16.8 Å². The zero-order valence-corrected chi connectivity index (χ0v) is 14.8. The van der Waals surface area contributed by atoms with Crippen molar-refractivity contribution in [2.24, 2.45) is 11.3 Å². The number of esters is 1. The first kappa shape index (κ1) is 18.7. The average Bonchev–Trinajstić information content (AvgIpc) is 2.98. The summed E-state index contributed by atoms with van der Waals surface area (Å²) < 4.78 is 19.4. The number of nitrogens with zero attached hydrogens (tertiary/aromatic N) is 2. The van der Waals surface area contributed by atoms with E-state index in [-0.39, 0.29) is 40.3 Å². The lowest BCUT2D eigenvalue weighted by Crippen LogP contribution is -2.29. The molecule has 0 bridgehead atoms. The molecule has 24 heavy (non-hydrogen) atoms. The van der Waals surface area contributed by atoms with Crippen LogP contribution in [0.5, 0.6) is 0 Å². The van der Waals surface area contributed by atoms with Crippen molar-refractivity contribution in [2.45, 2.75) is 52.4 Å². The second-order valence-electron chi connectivity index (χ2n) is 6.61. The van der Waals surface area contributed by atoms with Crippen LogP contribution in [0, 0.1) is 23.7 Å². The molecular weight excluding hydrogens is 331 g/mol. The molecule has 0 saturated heterocycles. The van der Waals surface area contributed by atoms with E-state index in [1.807, 2.05) is 0 Å². The van der Waals surface area contributed by atoms with Crippen LogP contribution in [-0.2, 0) is 16.0 Å². The van der Waals surface area contributed by atoms with E-state index in [4.69, 9.17) is 22.9 Å². The fourth-order valence-corrected chi connectivity index (χ4v) is 3.72. The number of halogens is 2. The summed E-state index contributed by atoms with van der Waals surface area (Å²) in [5, 5.41) is 0.00728. The minimum absolute atomic E-state index is 0.00642. The number of aromatic nitrogens is 1. The Morgan fingerprint density at radius 1 is 1.54 bits per heavy atom. The average molecular weight is 353 g/mol. The molecule has 1 fully saturated rings. The summed E-state index contributed by atoms with van der Waals surface area (Å²) in [7, 11) is 0. The van der Waals surface area contributed by atoms with Gasteiger partial charge in [0.15, 0.2) is 0 Å². The maximum absolute atomic E-state index is 14.3. The van der Waals surface area contributed by atoms with Crippen LogP contribution in [0.2, 0.25) is 5.15 Å². The molecular formula is C18H22ClFN2O2. The summed E-state index contributed by atoms with van der Waals surface area (Å²) in [6.07, 6.45) is 4.80. The van der Waals surface area contributed by atoms with Gasteiger partial charge in [0.1, 0.15) is 11.0 Å². The molecule has 0 spiro atoms. The van der Waals surface area contributed by atoms with E-state index in [9.17, 15) is 9.18 Å². The predicted octanol–water partition coefficient (Wildman–Crippen LogP) is 5.12. The Morgan fingerprint density at radius 2 is 2.21 bits per heavy atom. The van der Waals surface area contributed by atoms with Gasteiger partial charge in [0.05, 0.1) is 18.9 Å². The standard InChI is InChI=1S/C18H22ClFN2O2/c1-4-24-16(23)10-12(18(2)7-5-6-8-18)9-14-13(20)11-15(21-3)17(19)22-14/h11-12H,4-10H2,1-2H3. The van der Waals surface area contributed by atoms with Gasteiger partial charge in [-0.25, -0.2) is 14.2 Å². The second-order valence-corrected chi connectivity index (χ2v) is 6.97. The van der Waals surface area contributed by atoms with E-state index >= 15 is 0 Å². The fraction of sp³-hybridized carbons (Fsp3) is 0.611. The molecule has 130 valence electrons. The highest BCUT2D eigenvalue weighted by Crippen LogP contribution is 2.46. The van der Waals surface area contributed by atoms with Crippen molar-refractivity contribution in [3.63, 3.8) is 0 Å². The molecule has 2 rings (SSSR count). The summed E-state index contributed by atoms with van der Waals surface area (Å²) in [6.45, 7) is 11.2. The first-order valence-electron chi connectivity index (χ1n) is 8.27. The van der Waals surface area contributed by atoms with Crippen molar-refractivity contribution < 1.29 is 13.9 Å². The van der Waals surface area contributed by atoms with Gasteiger partial charge in [-0.1, -0.05) is 31.4 Å². The molecule has 0 amide bonds. The smallest absolute Gasteiger partial charge is 0.306 e. The fourth-order valence-electron chi connectivity index (χ4n) is 3.52. The molecule has 0 N–H and O–H groups in total. The van der Waals surface area contributed by atoms with E-state index in [0.717, 1.165) is 31.7 Å². The first-order chi connectivity index (χ1) is 11.4. The predicted molar refractivity (Wildman–Crippen MR) is 90.5 cm³/mol. The largest absolute Gasteiger partial charge is 0.466 e. The third-order valence-corrected chi connectivity index (χ3v) is 5.27. The molecule has 1 unspecified atom stereocenters. The van der Waals surface area contributed by atoms with E-state index in [1.54, 1.807) is 6.92 Å². The van der Waals surface area contributed by atoms with Crippen molar-refractivity contribution >= 4 is 23.3 Å². The lowest BCUT2D eigenvalue weighted by molar-refractivity contribution is -0.145. The van der Waals surface area contributed by atoms with Crippen LogP contribution in [-0.4, -0.2) is 17.6 Å². The zero-order chi connectivity index (χ0) is 17.7. The molecule has 1 aromatic heterocycles. The Labute approximate surface area is 147 Å². The highest BCUT2D eigenvalue weighted by Gasteiger charge is 2.39. The summed E-state index contributed by atoms with van der Waals surface area (Å²) in [5.74, 6) is -0.864. The Kier molecular flexibility index (Phi) is 6.17. The maximum atomic E-state index is 14.3. The van der Waals surface area contributed by atoms with Crippen LogP contribution in [0.25, 0.3) is 4.85 Å². The van der Waals surface area contributed by atoms with E-state index in [1.165, 1.54) is 0 Å². The van der Waals surface area contributed by atoms with Crippen molar-refractivity contribution in [1.29, 1.82) is 0 Å². The van der Waals surface area contributed by atoms with Gasteiger partial charge >= 0.3 is 5.97 Å². The quantitative estimate of drug-likeness (QED) is 0.405. The van der Waals surface area contributed by atoms with Gasteiger partial charge in [0.25, 0.3) is 0 Å². The van der Waals surface area contributed by atoms with Crippen LogP contribution in [0.4, 0.5) is 10.1 Å². The van der Waals surface area contributed by atoms with Gasteiger partial charge in [0.2, 0.25) is 5.69 Å². The number of ether oxygens (including phenoxy) is 1. The van der Waals surface area contributed by atoms with Gasteiger partial charge in [-0.05, 0) is 43.6 Å². The van der Waals surface area contributed by atoms with Crippen LogP contribution >= 0.6 is 11.6 Å². The summed E-state index contributed by atoms with van der Waals surface area (Å²) >= 11 is 5.95. The topological polar surface area (TPSA) is 43.5 Å². The van der Waals surface area contributed by atoms with Crippen molar-refractivity contribution in [3.8, 4) is 0 Å². The molecule has 1 aromatic rings. The molecule has 0 radical (unpaired) electrons. The highest BCUT2D eigenvalue weighted by atomic mass is 35.5. The van der Waals surface area contributed by atoms with Gasteiger partial charge < -0.3 is 4.74 Å². The Hall–Kier alpha value is -1.67. The molecule has 1 heterocycles. The number of rotatable bonds is 6. The van der Waals surface area contributed by atoms with Crippen molar-refractivity contribution in [2.75, 3.05) is 6.61 Å². The monoisotopic (exact) mass is 352 g/mol. The summed E-state index contributed by atoms with van der Waals surface area (Å²) in [6, 6.07) is 1.12. The third kappa shape index (κ3) is 4.24. The minimum Gasteiger partial charge on any atom is -0.466 e. The van der Waals surface area contributed by atoms with E-state index < -0.39 is 5.82 Å². The van der Waals surface area contributed by atoms with Gasteiger partial charge in [-0.3, -0.25) is 4.79 Å². The van der Waals surface area contributed by atoms with Crippen LogP contribution in [0.3, 0.4) is 0 Å². The molecule has 1 saturated carbocycles. The second kappa shape index (κ2) is 7.94. The van der Waals surface area contributed by atoms with Crippen molar-refractivity contribution in [1.82, 2.24) is 4.98 Å². The first-order valence-corrected chi connectivity index (χ1v) is 8.65. The highest BCUT2D eigenvalue weighted by molar-refractivity contribution is 6.32. The van der Waals surface area contributed by atoms with Crippen LogP contribution in [0.1, 0.15) is 51.6 Å². The number of carbonyl (C=O) groups excluding carboxylic acids is 1. The van der Waals surface area contributed by atoms with E-state index in [0.29, 0.717) is 13.0 Å². The lowest BCUT2D eigenvalue weighted by Gasteiger charge is -2.33. The normalized spacial score (nSPS) is 17.3. The molecule has 4 nitrogen and oxygen atoms in total. The summed E-state index contributed by atoms with van der Waals surface area (Å²) in [5.41, 5.74) is 0.188. The summed E-state index contributed by atoms with van der Waals surface area (Å²) in [4.78, 5) is 19.2. The molecule has 1 aliphatic rings. The Morgan fingerprint density at radius 3 is 2.79 bits per heavy atom. The third-order valence-electron chi connectivity index (χ3n) is 4.99. The Bertz CT molecular complexity index is 651. The van der Waals surface area contributed by atoms with Gasteiger partial charge in [-0.15, -0.1) is 0 Å². The number of carbonyl (C=O) groups is 1. The van der Waals surface area contributed by atoms with Crippen LogP contribution < -0.4 is 0 Å². The van der Waals surface area contributed by atoms with Gasteiger partial charge in [-0.2, -0.15) is 0 Å². The Balaban J connectivity index is 2.26. The molecule has 0 aliphatic heterocycles. The van der Waals surface area contributed by atoms with Gasteiger partial charge in [0, 0.05) is 6.42 Å². The van der Waals surface area contributed by atoms with Crippen molar-refractivity contribution in [3.05, 3.63) is 34.1 Å². The zero-order valence-electron chi connectivity index (χ0n) is 14.1. The molecule has 1 atom stereocenters. The lowest BCUT2D eigenvalue weighted by atomic mass is 9.72. The SMILES string of the molecule is [C-]#[N+]c1cc(F)c(CC(CC(=O)OCC)C2(C)CCCC2)nc1Cl. The molecule has 0 aromatic carbocycles. The number of hydrogen-bond donors (Lipinski definition) is 0. The van der Waals surface area contributed by atoms with Crippen LogP contribution in [0.15, 0.2) is 6.07 Å². The molecule has 6 heteroatoms.